The Balaban J connectivity index is 2.55. The van der Waals surface area contributed by atoms with Gasteiger partial charge in [0.2, 0.25) is 0 Å². The number of aliphatic hydroxyl groups excluding tert-OH is 1. The van der Waals surface area contributed by atoms with E-state index < -0.39 is 0 Å². The molecule has 0 radical (unpaired) electrons. The van der Waals surface area contributed by atoms with Crippen molar-refractivity contribution in [2.24, 2.45) is 0 Å². The molecule has 0 spiro atoms. The molecule has 0 saturated heterocycles. The fourth-order valence-electron chi connectivity index (χ4n) is 2.65. The molecule has 0 bridgehead atoms. The van der Waals surface area contributed by atoms with E-state index >= 15 is 0 Å². The van der Waals surface area contributed by atoms with Gasteiger partial charge in [-0.15, -0.1) is 0 Å². The first kappa shape index (κ1) is 15.7. The minimum atomic E-state index is -0.172. The maximum atomic E-state index is 9.81. The summed E-state index contributed by atoms with van der Waals surface area (Å²) in [5, 5.41) is 9.81. The third-order valence-electron chi connectivity index (χ3n) is 4.17. The first-order chi connectivity index (χ1) is 8.62. The summed E-state index contributed by atoms with van der Waals surface area (Å²) in [4.78, 5) is 2.40. The van der Waals surface area contributed by atoms with Crippen LogP contribution in [0.15, 0.2) is 12.2 Å². The molecule has 1 N–H and O–H groups in total. The summed E-state index contributed by atoms with van der Waals surface area (Å²) in [6.45, 7) is 4.21. The molecule has 0 aromatic carbocycles. The maximum Gasteiger partial charge on any atom is 0.0586 e. The molecule has 106 valence electrons. The lowest BCUT2D eigenvalue weighted by molar-refractivity contribution is 0.0494. The Hall–Kier alpha value is -0.380. The van der Waals surface area contributed by atoms with Crippen molar-refractivity contribution in [2.45, 2.75) is 70.2 Å². The molecule has 3 nitrogen and oxygen atoms in total. The van der Waals surface area contributed by atoms with Crippen LogP contribution in [0, 0.1) is 0 Å². The highest BCUT2D eigenvalue weighted by atomic mass is 16.5. The average Bonchev–Trinajstić information content (AvgIpc) is 2.39. The number of nitrogens with zero attached hydrogens (tertiary/aromatic N) is 1. The minimum Gasteiger partial charge on any atom is -0.393 e. The molecule has 0 aromatic rings. The molecule has 4 unspecified atom stereocenters. The van der Waals surface area contributed by atoms with Crippen molar-refractivity contribution >= 4 is 0 Å². The normalized spacial score (nSPS) is 28.3. The molecule has 1 aliphatic heterocycles. The van der Waals surface area contributed by atoms with E-state index in [0.717, 1.165) is 32.1 Å². The van der Waals surface area contributed by atoms with Gasteiger partial charge in [-0.25, -0.2) is 0 Å². The fourth-order valence-corrected chi connectivity index (χ4v) is 2.65. The molecule has 1 rings (SSSR count). The summed E-state index contributed by atoms with van der Waals surface area (Å²) >= 11 is 0. The minimum absolute atomic E-state index is 0.172. The van der Waals surface area contributed by atoms with Crippen LogP contribution in [0.4, 0.5) is 0 Å². The summed E-state index contributed by atoms with van der Waals surface area (Å²) in [6.07, 6.45) is 9.57. The Morgan fingerprint density at radius 2 is 2.06 bits per heavy atom. The number of rotatable bonds is 7. The van der Waals surface area contributed by atoms with Gasteiger partial charge in [0.05, 0.1) is 12.2 Å². The molecule has 18 heavy (non-hydrogen) atoms. The van der Waals surface area contributed by atoms with Crippen LogP contribution >= 0.6 is 0 Å². The Morgan fingerprint density at radius 3 is 2.61 bits per heavy atom. The number of likely N-dealkylation sites (N-methyl/N-ethyl adjacent to an activating group) is 1. The summed E-state index contributed by atoms with van der Waals surface area (Å²) in [6, 6.07) is 0.905. The highest BCUT2D eigenvalue weighted by Crippen LogP contribution is 2.23. The largest absolute Gasteiger partial charge is 0.393 e. The van der Waals surface area contributed by atoms with Crippen LogP contribution in [-0.2, 0) is 4.74 Å². The van der Waals surface area contributed by atoms with Crippen molar-refractivity contribution < 1.29 is 9.84 Å². The van der Waals surface area contributed by atoms with E-state index in [9.17, 15) is 5.11 Å². The van der Waals surface area contributed by atoms with Gasteiger partial charge in [0, 0.05) is 19.2 Å². The smallest absolute Gasteiger partial charge is 0.0586 e. The topological polar surface area (TPSA) is 32.7 Å². The highest BCUT2D eigenvalue weighted by molar-refractivity contribution is 5.03. The van der Waals surface area contributed by atoms with Crippen molar-refractivity contribution in [1.29, 1.82) is 0 Å². The summed E-state index contributed by atoms with van der Waals surface area (Å²) in [7, 11) is 3.96. The molecule has 1 heterocycles. The molecular weight excluding hydrogens is 226 g/mol. The maximum absolute atomic E-state index is 9.81. The molecular formula is C15H29NO2. The van der Waals surface area contributed by atoms with Crippen LogP contribution in [0.5, 0.6) is 0 Å². The number of ether oxygens (including phenoxy) is 1. The zero-order valence-corrected chi connectivity index (χ0v) is 12.3. The zero-order valence-electron chi connectivity index (χ0n) is 12.3. The van der Waals surface area contributed by atoms with Crippen LogP contribution in [0.1, 0.15) is 46.0 Å². The lowest BCUT2D eigenvalue weighted by Gasteiger charge is -2.38. The van der Waals surface area contributed by atoms with Crippen molar-refractivity contribution in [3.63, 3.8) is 0 Å². The van der Waals surface area contributed by atoms with Crippen LogP contribution in [-0.4, -0.2) is 48.5 Å². The predicted molar refractivity (Wildman–Crippen MR) is 75.7 cm³/mol. The zero-order chi connectivity index (χ0) is 13.5. The molecule has 0 aliphatic carbocycles. The molecule has 0 amide bonds. The van der Waals surface area contributed by atoms with Gasteiger partial charge in [-0.2, -0.15) is 0 Å². The van der Waals surface area contributed by atoms with Gasteiger partial charge in [-0.1, -0.05) is 26.0 Å². The third kappa shape index (κ3) is 4.38. The van der Waals surface area contributed by atoms with E-state index in [-0.39, 0.29) is 6.10 Å². The van der Waals surface area contributed by atoms with Gasteiger partial charge in [0.25, 0.3) is 0 Å². The van der Waals surface area contributed by atoms with Gasteiger partial charge in [-0.3, -0.25) is 4.90 Å². The van der Waals surface area contributed by atoms with E-state index in [1.165, 1.54) is 0 Å². The summed E-state index contributed by atoms with van der Waals surface area (Å²) in [5.74, 6) is 0. The molecule has 0 aromatic heterocycles. The summed E-state index contributed by atoms with van der Waals surface area (Å²) in [5.41, 5.74) is 0. The predicted octanol–water partition coefficient (Wildman–Crippen LogP) is 2.59. The molecule has 3 heteroatoms. The monoisotopic (exact) mass is 255 g/mol. The van der Waals surface area contributed by atoms with Crippen molar-refractivity contribution in [1.82, 2.24) is 4.90 Å². The van der Waals surface area contributed by atoms with Crippen molar-refractivity contribution in [3.05, 3.63) is 12.2 Å². The first-order valence-electron chi connectivity index (χ1n) is 7.21. The number of hydrogen-bond acceptors (Lipinski definition) is 3. The van der Waals surface area contributed by atoms with Gasteiger partial charge >= 0.3 is 0 Å². The molecule has 1 aliphatic rings. The molecule has 0 fully saturated rings. The third-order valence-corrected chi connectivity index (χ3v) is 4.17. The van der Waals surface area contributed by atoms with Crippen molar-refractivity contribution in [2.75, 3.05) is 14.2 Å². The Kier molecular flexibility index (Phi) is 6.90. The van der Waals surface area contributed by atoms with Gasteiger partial charge in [0.15, 0.2) is 0 Å². The van der Waals surface area contributed by atoms with Crippen LogP contribution in [0.2, 0.25) is 0 Å². The van der Waals surface area contributed by atoms with Gasteiger partial charge in [-0.05, 0) is 39.2 Å². The standard InChI is InChI=1S/C15H29NO2/c1-5-14(17)10-12-8-7-9-13(16(12)3)11-15(6-2)18-4/h7,9,12-15,17H,5-6,8,10-11H2,1-4H3. The van der Waals surface area contributed by atoms with Crippen LogP contribution < -0.4 is 0 Å². The fraction of sp³-hybridized carbons (Fsp3) is 0.867. The van der Waals surface area contributed by atoms with E-state index in [2.05, 4.69) is 31.0 Å². The average molecular weight is 255 g/mol. The quantitative estimate of drug-likeness (QED) is 0.710. The Morgan fingerprint density at radius 1 is 1.33 bits per heavy atom. The number of methoxy groups -OCH3 is 1. The van der Waals surface area contributed by atoms with Gasteiger partial charge < -0.3 is 9.84 Å². The first-order valence-corrected chi connectivity index (χ1v) is 7.21. The second-order valence-electron chi connectivity index (χ2n) is 5.35. The van der Waals surface area contributed by atoms with Gasteiger partial charge in [0.1, 0.15) is 0 Å². The second kappa shape index (κ2) is 7.93. The molecule has 0 saturated carbocycles. The summed E-state index contributed by atoms with van der Waals surface area (Å²) < 4.78 is 5.48. The van der Waals surface area contributed by atoms with Crippen LogP contribution in [0.25, 0.3) is 0 Å². The van der Waals surface area contributed by atoms with E-state index in [1.54, 1.807) is 7.11 Å². The van der Waals surface area contributed by atoms with E-state index in [0.29, 0.717) is 18.2 Å². The number of aliphatic hydroxyl groups is 1. The Bertz CT molecular complexity index is 251. The second-order valence-corrected chi connectivity index (χ2v) is 5.35. The lowest BCUT2D eigenvalue weighted by Crippen LogP contribution is -2.44. The number of hydrogen-bond donors (Lipinski definition) is 1. The van der Waals surface area contributed by atoms with Crippen LogP contribution in [0.3, 0.4) is 0 Å². The van der Waals surface area contributed by atoms with E-state index in [4.69, 9.17) is 4.74 Å². The van der Waals surface area contributed by atoms with E-state index in [1.807, 2.05) is 6.92 Å². The Labute approximate surface area is 112 Å². The highest BCUT2D eigenvalue weighted by Gasteiger charge is 2.27. The van der Waals surface area contributed by atoms with Crippen molar-refractivity contribution in [3.8, 4) is 0 Å². The molecule has 4 atom stereocenters. The lowest BCUT2D eigenvalue weighted by atomic mass is 9.94. The SMILES string of the molecule is CCC(O)CC1CC=CC(CC(CC)OC)N1C.